The maximum absolute atomic E-state index is 12.2. The minimum atomic E-state index is 0.135. The number of carbonyl (C=O) groups excluding carboxylic acids is 1. The minimum Gasteiger partial charge on any atom is -0.341 e. The number of nitrogens with two attached hydrogens (primary N) is 1. The summed E-state index contributed by atoms with van der Waals surface area (Å²) in [6.07, 6.45) is 2.44. The average Bonchev–Trinajstić information content (AvgIpc) is 2.40. The number of hydrogen-bond donors (Lipinski definition) is 1. The van der Waals surface area contributed by atoms with Crippen molar-refractivity contribution >= 4 is 5.91 Å². The summed E-state index contributed by atoms with van der Waals surface area (Å²) in [7, 11) is 0. The molecule has 2 rings (SSSR count). The highest BCUT2D eigenvalue weighted by Gasteiger charge is 2.25. The molecule has 0 bridgehead atoms. The third kappa shape index (κ3) is 3.57. The first-order valence-corrected chi connectivity index (χ1v) is 7.16. The van der Waals surface area contributed by atoms with Crippen LogP contribution >= 0.6 is 0 Å². The Balaban J connectivity index is 1.87. The second-order valence-electron chi connectivity index (χ2n) is 5.70. The molecule has 2 atom stereocenters. The molecule has 1 aromatic carbocycles. The Morgan fingerprint density at radius 2 is 2.16 bits per heavy atom. The van der Waals surface area contributed by atoms with Crippen LogP contribution in [0.4, 0.5) is 0 Å². The largest absolute Gasteiger partial charge is 0.341 e. The number of nitrogens with zero attached hydrogens (tertiary/aromatic N) is 1. The van der Waals surface area contributed by atoms with Gasteiger partial charge in [0.1, 0.15) is 0 Å². The Labute approximate surface area is 115 Å². The van der Waals surface area contributed by atoms with E-state index in [1.54, 1.807) is 0 Å². The van der Waals surface area contributed by atoms with E-state index in [-0.39, 0.29) is 11.9 Å². The number of amides is 1. The molecule has 0 aliphatic carbocycles. The Morgan fingerprint density at radius 1 is 1.42 bits per heavy atom. The first-order valence-electron chi connectivity index (χ1n) is 7.16. The zero-order valence-corrected chi connectivity index (χ0v) is 11.9. The van der Waals surface area contributed by atoms with Crippen molar-refractivity contribution in [2.24, 2.45) is 11.7 Å². The molecule has 2 unspecified atom stereocenters. The summed E-state index contributed by atoms with van der Waals surface area (Å²) in [4.78, 5) is 14.1. The van der Waals surface area contributed by atoms with E-state index in [1.165, 1.54) is 11.1 Å². The van der Waals surface area contributed by atoms with E-state index in [0.29, 0.717) is 18.9 Å². The van der Waals surface area contributed by atoms with Gasteiger partial charge in [-0.05, 0) is 36.8 Å². The fourth-order valence-electron chi connectivity index (χ4n) is 2.62. The molecule has 1 aromatic rings. The van der Waals surface area contributed by atoms with Gasteiger partial charge in [0.15, 0.2) is 0 Å². The third-order valence-corrected chi connectivity index (χ3v) is 4.24. The molecule has 1 amide bonds. The quantitative estimate of drug-likeness (QED) is 0.905. The summed E-state index contributed by atoms with van der Waals surface area (Å²) < 4.78 is 0. The predicted octanol–water partition coefficient (Wildman–Crippen LogP) is 2.12. The number of piperidine rings is 1. The lowest BCUT2D eigenvalue weighted by atomic mass is 9.94. The fourth-order valence-corrected chi connectivity index (χ4v) is 2.62. The fraction of sp³-hybridized carbons (Fsp3) is 0.562. The number of likely N-dealkylation sites (tertiary alicyclic amines) is 1. The van der Waals surface area contributed by atoms with Crippen molar-refractivity contribution < 1.29 is 4.79 Å². The summed E-state index contributed by atoms with van der Waals surface area (Å²) in [5, 5.41) is 0. The van der Waals surface area contributed by atoms with Crippen LogP contribution in [0.15, 0.2) is 24.3 Å². The van der Waals surface area contributed by atoms with Gasteiger partial charge in [0.05, 0.1) is 0 Å². The Morgan fingerprint density at radius 3 is 2.84 bits per heavy atom. The average molecular weight is 260 g/mol. The van der Waals surface area contributed by atoms with Crippen molar-refractivity contribution in [1.29, 1.82) is 0 Å². The van der Waals surface area contributed by atoms with E-state index in [4.69, 9.17) is 5.73 Å². The second-order valence-corrected chi connectivity index (χ2v) is 5.70. The Bertz CT molecular complexity index is 444. The van der Waals surface area contributed by atoms with Crippen LogP contribution in [0, 0.1) is 12.8 Å². The van der Waals surface area contributed by atoms with Crippen LogP contribution in [0.3, 0.4) is 0 Å². The number of carbonyl (C=O) groups is 1. The van der Waals surface area contributed by atoms with Crippen LogP contribution in [0.2, 0.25) is 0 Å². The van der Waals surface area contributed by atoms with E-state index in [2.05, 4.69) is 26.0 Å². The first-order chi connectivity index (χ1) is 9.08. The molecule has 1 heterocycles. The highest BCUT2D eigenvalue weighted by Crippen LogP contribution is 2.17. The Hall–Kier alpha value is -1.35. The maximum atomic E-state index is 12.2. The topological polar surface area (TPSA) is 46.3 Å². The van der Waals surface area contributed by atoms with Crippen molar-refractivity contribution in [3.8, 4) is 0 Å². The molecule has 0 saturated carbocycles. The van der Waals surface area contributed by atoms with Crippen LogP contribution in [-0.2, 0) is 11.2 Å². The van der Waals surface area contributed by atoms with Gasteiger partial charge in [-0.1, -0.05) is 31.2 Å². The summed E-state index contributed by atoms with van der Waals surface area (Å²) >= 11 is 0. The summed E-state index contributed by atoms with van der Waals surface area (Å²) in [5.74, 6) is 0.769. The van der Waals surface area contributed by atoms with Gasteiger partial charge in [0.2, 0.25) is 5.91 Å². The summed E-state index contributed by atoms with van der Waals surface area (Å²) in [5.41, 5.74) is 8.58. The van der Waals surface area contributed by atoms with Gasteiger partial charge in [-0.25, -0.2) is 0 Å². The predicted molar refractivity (Wildman–Crippen MR) is 77.8 cm³/mol. The van der Waals surface area contributed by atoms with Crippen molar-refractivity contribution in [2.45, 2.75) is 39.2 Å². The standard InChI is InChI=1S/C16H24N2O/c1-12-5-3-4-6-14(12)7-8-16(19)18-10-9-13(2)15(17)11-18/h3-6,13,15H,7-11,17H2,1-2H3. The van der Waals surface area contributed by atoms with Crippen molar-refractivity contribution in [3.63, 3.8) is 0 Å². The van der Waals surface area contributed by atoms with Crippen molar-refractivity contribution in [2.75, 3.05) is 13.1 Å². The van der Waals surface area contributed by atoms with Crippen LogP contribution in [0.1, 0.15) is 30.9 Å². The van der Waals surface area contributed by atoms with Crippen molar-refractivity contribution in [3.05, 3.63) is 35.4 Å². The lowest BCUT2D eigenvalue weighted by Gasteiger charge is -2.35. The normalized spacial score (nSPS) is 23.4. The van der Waals surface area contributed by atoms with E-state index < -0.39 is 0 Å². The van der Waals surface area contributed by atoms with Gasteiger partial charge in [-0.15, -0.1) is 0 Å². The zero-order chi connectivity index (χ0) is 13.8. The highest BCUT2D eigenvalue weighted by molar-refractivity contribution is 5.76. The molecular formula is C16H24N2O. The molecule has 1 aliphatic rings. The number of aryl methyl sites for hydroxylation is 2. The van der Waals surface area contributed by atoms with Crippen LogP contribution in [0.25, 0.3) is 0 Å². The summed E-state index contributed by atoms with van der Waals surface area (Å²) in [6.45, 7) is 5.84. The maximum Gasteiger partial charge on any atom is 0.222 e. The summed E-state index contributed by atoms with van der Waals surface area (Å²) in [6, 6.07) is 8.40. The molecule has 3 heteroatoms. The molecule has 0 aromatic heterocycles. The van der Waals surface area contributed by atoms with Gasteiger partial charge in [-0.3, -0.25) is 4.79 Å². The van der Waals surface area contributed by atoms with Gasteiger partial charge < -0.3 is 10.6 Å². The monoisotopic (exact) mass is 260 g/mol. The smallest absolute Gasteiger partial charge is 0.222 e. The van der Waals surface area contributed by atoms with Crippen LogP contribution < -0.4 is 5.73 Å². The molecule has 2 N–H and O–H groups in total. The van der Waals surface area contributed by atoms with Gasteiger partial charge in [0.25, 0.3) is 0 Å². The van der Waals surface area contributed by atoms with E-state index in [9.17, 15) is 4.79 Å². The van der Waals surface area contributed by atoms with E-state index in [0.717, 1.165) is 19.4 Å². The SMILES string of the molecule is Cc1ccccc1CCC(=O)N1CCC(C)C(N)C1. The first kappa shape index (κ1) is 14.1. The second kappa shape index (κ2) is 6.20. The Kier molecular flexibility index (Phi) is 4.59. The van der Waals surface area contributed by atoms with Gasteiger partial charge in [0, 0.05) is 25.6 Å². The molecule has 104 valence electrons. The number of hydrogen-bond acceptors (Lipinski definition) is 2. The molecule has 1 saturated heterocycles. The van der Waals surface area contributed by atoms with E-state index >= 15 is 0 Å². The van der Waals surface area contributed by atoms with Gasteiger partial charge >= 0.3 is 0 Å². The lowest BCUT2D eigenvalue weighted by molar-refractivity contribution is -0.132. The molecule has 3 nitrogen and oxygen atoms in total. The molecule has 0 spiro atoms. The zero-order valence-electron chi connectivity index (χ0n) is 11.9. The molecule has 19 heavy (non-hydrogen) atoms. The molecule has 0 radical (unpaired) electrons. The van der Waals surface area contributed by atoms with Crippen LogP contribution in [-0.4, -0.2) is 29.9 Å². The number of rotatable bonds is 3. The molecule has 1 aliphatic heterocycles. The lowest BCUT2D eigenvalue weighted by Crippen LogP contribution is -2.49. The van der Waals surface area contributed by atoms with E-state index in [1.807, 2.05) is 17.0 Å². The molecule has 1 fully saturated rings. The van der Waals surface area contributed by atoms with Crippen LogP contribution in [0.5, 0.6) is 0 Å². The highest BCUT2D eigenvalue weighted by atomic mass is 16.2. The van der Waals surface area contributed by atoms with Gasteiger partial charge in [-0.2, -0.15) is 0 Å². The van der Waals surface area contributed by atoms with Crippen molar-refractivity contribution in [1.82, 2.24) is 4.90 Å². The minimum absolute atomic E-state index is 0.135. The third-order valence-electron chi connectivity index (χ3n) is 4.24. The number of benzene rings is 1. The molecular weight excluding hydrogens is 236 g/mol.